The van der Waals surface area contributed by atoms with Crippen LogP contribution in [0.3, 0.4) is 0 Å². The number of ether oxygens (including phenoxy) is 1. The number of hydrogen-bond acceptors (Lipinski definition) is 4. The summed E-state index contributed by atoms with van der Waals surface area (Å²) < 4.78 is 5.15. The molecule has 0 aromatic heterocycles. The Hall–Kier alpha value is -1.58. The maximum atomic E-state index is 11.5. The minimum atomic E-state index is -0.903. The zero-order chi connectivity index (χ0) is 13.4. The summed E-state index contributed by atoms with van der Waals surface area (Å²) in [6.07, 6.45) is 5.86. The Labute approximate surface area is 106 Å². The third-order valence-electron chi connectivity index (χ3n) is 3.04. The van der Waals surface area contributed by atoms with Crippen molar-refractivity contribution in [1.82, 2.24) is 10.6 Å². The first-order chi connectivity index (χ1) is 8.60. The van der Waals surface area contributed by atoms with Gasteiger partial charge in [0.25, 0.3) is 0 Å². The molecule has 100 valence electrons. The summed E-state index contributed by atoms with van der Waals surface area (Å²) in [6.45, 7) is 1.36. The SMILES string of the molecule is C#CCNCC(=O)NCC1(C(=O)O)CCOCC1. The molecule has 1 fully saturated rings. The van der Waals surface area contributed by atoms with Gasteiger partial charge in [-0.1, -0.05) is 5.92 Å². The zero-order valence-electron chi connectivity index (χ0n) is 10.2. The highest BCUT2D eigenvalue weighted by molar-refractivity contribution is 5.80. The third kappa shape index (κ3) is 4.02. The van der Waals surface area contributed by atoms with Gasteiger partial charge in [-0.2, -0.15) is 0 Å². The molecule has 1 amide bonds. The van der Waals surface area contributed by atoms with E-state index in [1.807, 2.05) is 0 Å². The molecule has 3 N–H and O–H groups in total. The molecule has 6 heteroatoms. The van der Waals surface area contributed by atoms with Crippen LogP contribution in [0.25, 0.3) is 0 Å². The Morgan fingerprint density at radius 2 is 2.06 bits per heavy atom. The van der Waals surface area contributed by atoms with Crippen LogP contribution in [-0.2, 0) is 14.3 Å². The van der Waals surface area contributed by atoms with Crippen LogP contribution in [0.15, 0.2) is 0 Å². The van der Waals surface area contributed by atoms with E-state index >= 15 is 0 Å². The van der Waals surface area contributed by atoms with E-state index in [1.54, 1.807) is 0 Å². The van der Waals surface area contributed by atoms with Crippen LogP contribution in [0, 0.1) is 17.8 Å². The molecule has 6 nitrogen and oxygen atoms in total. The van der Waals surface area contributed by atoms with Crippen LogP contribution in [0.1, 0.15) is 12.8 Å². The maximum absolute atomic E-state index is 11.5. The molecule has 0 unspecified atom stereocenters. The predicted octanol–water partition coefficient (Wildman–Crippen LogP) is -0.793. The predicted molar refractivity (Wildman–Crippen MR) is 64.8 cm³/mol. The van der Waals surface area contributed by atoms with Gasteiger partial charge in [0.15, 0.2) is 0 Å². The Balaban J connectivity index is 2.40. The molecule has 0 atom stereocenters. The lowest BCUT2D eigenvalue weighted by atomic mass is 9.80. The zero-order valence-corrected chi connectivity index (χ0v) is 10.2. The van der Waals surface area contributed by atoms with Gasteiger partial charge in [-0.15, -0.1) is 6.42 Å². The summed E-state index contributed by atoms with van der Waals surface area (Å²) in [5, 5.41) is 14.6. The van der Waals surface area contributed by atoms with Crippen LogP contribution < -0.4 is 10.6 Å². The van der Waals surface area contributed by atoms with Crippen molar-refractivity contribution in [2.75, 3.05) is 32.8 Å². The van der Waals surface area contributed by atoms with E-state index in [-0.39, 0.29) is 19.0 Å². The molecular formula is C12H18N2O4. The van der Waals surface area contributed by atoms with Gasteiger partial charge in [0, 0.05) is 19.8 Å². The van der Waals surface area contributed by atoms with Crippen molar-refractivity contribution < 1.29 is 19.4 Å². The minimum Gasteiger partial charge on any atom is -0.481 e. The first-order valence-electron chi connectivity index (χ1n) is 5.83. The van der Waals surface area contributed by atoms with Crippen LogP contribution in [-0.4, -0.2) is 49.8 Å². The Bertz CT molecular complexity index is 342. The number of carboxylic acid groups (broad SMARTS) is 1. The molecular weight excluding hydrogens is 236 g/mol. The summed E-state index contributed by atoms with van der Waals surface area (Å²) in [6, 6.07) is 0. The van der Waals surface area contributed by atoms with Crippen LogP contribution in [0.2, 0.25) is 0 Å². The molecule has 0 bridgehead atoms. The normalized spacial score (nSPS) is 17.7. The van der Waals surface area contributed by atoms with Gasteiger partial charge in [-0.05, 0) is 12.8 Å². The first kappa shape index (κ1) is 14.5. The lowest BCUT2D eigenvalue weighted by Gasteiger charge is -2.33. The molecule has 0 aliphatic carbocycles. The summed E-state index contributed by atoms with van der Waals surface area (Å²) in [5.74, 6) is 1.21. The van der Waals surface area contributed by atoms with Crippen LogP contribution in [0.5, 0.6) is 0 Å². The average Bonchev–Trinajstić information content (AvgIpc) is 2.37. The van der Waals surface area contributed by atoms with Gasteiger partial charge < -0.3 is 15.2 Å². The fourth-order valence-corrected chi connectivity index (χ4v) is 1.81. The van der Waals surface area contributed by atoms with E-state index in [2.05, 4.69) is 16.6 Å². The number of carboxylic acids is 1. The van der Waals surface area contributed by atoms with Crippen molar-refractivity contribution in [3.63, 3.8) is 0 Å². The average molecular weight is 254 g/mol. The molecule has 0 saturated carbocycles. The van der Waals surface area contributed by atoms with Crippen LogP contribution in [0.4, 0.5) is 0 Å². The smallest absolute Gasteiger partial charge is 0.311 e. The van der Waals surface area contributed by atoms with Crippen LogP contribution >= 0.6 is 0 Å². The van der Waals surface area contributed by atoms with Crippen molar-refractivity contribution in [2.45, 2.75) is 12.8 Å². The van der Waals surface area contributed by atoms with Crippen molar-refractivity contribution in [2.24, 2.45) is 5.41 Å². The quantitative estimate of drug-likeness (QED) is 0.427. The van der Waals surface area contributed by atoms with Crippen molar-refractivity contribution in [3.05, 3.63) is 0 Å². The maximum Gasteiger partial charge on any atom is 0.311 e. The second kappa shape index (κ2) is 6.99. The minimum absolute atomic E-state index is 0.0936. The molecule has 0 spiro atoms. The van der Waals surface area contributed by atoms with Crippen molar-refractivity contribution in [3.8, 4) is 12.3 Å². The van der Waals surface area contributed by atoms with E-state index < -0.39 is 11.4 Å². The second-order valence-corrected chi connectivity index (χ2v) is 4.28. The van der Waals surface area contributed by atoms with E-state index in [0.717, 1.165) is 0 Å². The van der Waals surface area contributed by atoms with Gasteiger partial charge in [-0.25, -0.2) is 0 Å². The Morgan fingerprint density at radius 3 is 2.61 bits per heavy atom. The third-order valence-corrected chi connectivity index (χ3v) is 3.04. The summed E-state index contributed by atoms with van der Waals surface area (Å²) in [4.78, 5) is 22.8. The highest BCUT2D eigenvalue weighted by Gasteiger charge is 2.40. The molecule has 0 aromatic rings. The lowest BCUT2D eigenvalue weighted by molar-refractivity contribution is -0.154. The molecule has 0 radical (unpaired) electrons. The number of hydrogen-bond donors (Lipinski definition) is 3. The molecule has 1 aliphatic rings. The largest absolute Gasteiger partial charge is 0.481 e. The highest BCUT2D eigenvalue weighted by Crippen LogP contribution is 2.29. The number of rotatable bonds is 6. The second-order valence-electron chi connectivity index (χ2n) is 4.28. The summed E-state index contributed by atoms with van der Waals surface area (Å²) in [7, 11) is 0. The molecule has 18 heavy (non-hydrogen) atoms. The van der Waals surface area contributed by atoms with E-state index in [4.69, 9.17) is 11.2 Å². The summed E-state index contributed by atoms with van der Waals surface area (Å²) in [5.41, 5.74) is -0.903. The first-order valence-corrected chi connectivity index (χ1v) is 5.83. The number of carbonyl (C=O) groups excluding carboxylic acids is 1. The van der Waals surface area contributed by atoms with Crippen molar-refractivity contribution >= 4 is 11.9 Å². The molecule has 1 rings (SSSR count). The Kier molecular flexibility index (Phi) is 5.62. The van der Waals surface area contributed by atoms with Crippen molar-refractivity contribution in [1.29, 1.82) is 0 Å². The number of terminal acetylenes is 1. The van der Waals surface area contributed by atoms with E-state index in [0.29, 0.717) is 32.6 Å². The lowest BCUT2D eigenvalue weighted by Crippen LogP contribution is -2.48. The molecule has 1 aliphatic heterocycles. The summed E-state index contributed by atoms with van der Waals surface area (Å²) >= 11 is 0. The Morgan fingerprint density at radius 1 is 1.39 bits per heavy atom. The standard InChI is InChI=1S/C12H18N2O4/c1-2-5-13-8-10(15)14-9-12(11(16)17)3-6-18-7-4-12/h1,13H,3-9H2,(H,14,15)(H,16,17). The molecule has 0 aromatic carbocycles. The number of nitrogens with one attached hydrogen (secondary N) is 2. The van der Waals surface area contributed by atoms with E-state index in [1.165, 1.54) is 0 Å². The molecule has 1 saturated heterocycles. The van der Waals surface area contributed by atoms with Gasteiger partial charge in [0.1, 0.15) is 0 Å². The monoisotopic (exact) mass is 254 g/mol. The topological polar surface area (TPSA) is 87.7 Å². The molecule has 1 heterocycles. The number of carbonyl (C=O) groups is 2. The number of amides is 1. The highest BCUT2D eigenvalue weighted by atomic mass is 16.5. The number of aliphatic carboxylic acids is 1. The fraction of sp³-hybridized carbons (Fsp3) is 0.667. The van der Waals surface area contributed by atoms with Gasteiger partial charge in [0.05, 0.1) is 18.5 Å². The van der Waals surface area contributed by atoms with Gasteiger partial charge in [0.2, 0.25) is 5.91 Å². The van der Waals surface area contributed by atoms with Gasteiger partial charge >= 0.3 is 5.97 Å². The fourth-order valence-electron chi connectivity index (χ4n) is 1.81. The van der Waals surface area contributed by atoms with E-state index in [9.17, 15) is 14.7 Å². The van der Waals surface area contributed by atoms with Gasteiger partial charge in [-0.3, -0.25) is 14.9 Å².